The quantitative estimate of drug-likeness (QED) is 0.799. The van der Waals surface area contributed by atoms with Gasteiger partial charge in [-0.25, -0.2) is 0 Å². The number of rotatable bonds is 2. The third kappa shape index (κ3) is 2.05. The molecule has 15 heavy (non-hydrogen) atoms. The van der Waals surface area contributed by atoms with Crippen molar-refractivity contribution in [3.8, 4) is 6.07 Å². The third-order valence-corrected chi connectivity index (χ3v) is 3.38. The van der Waals surface area contributed by atoms with Gasteiger partial charge in [0.25, 0.3) is 0 Å². The second kappa shape index (κ2) is 4.50. The van der Waals surface area contributed by atoms with Crippen LogP contribution < -0.4 is 5.73 Å². The van der Waals surface area contributed by atoms with Crippen LogP contribution in [0.5, 0.6) is 0 Å². The molecule has 2 N–H and O–H groups in total. The molecule has 80 valence electrons. The summed E-state index contributed by atoms with van der Waals surface area (Å²) in [5.74, 6) is 0.637. The highest BCUT2D eigenvalue weighted by molar-refractivity contribution is 5.23. The van der Waals surface area contributed by atoms with Crippen LogP contribution in [-0.2, 0) is 0 Å². The average Bonchev–Trinajstić information content (AvgIpc) is 2.77. The second-order valence-corrected chi connectivity index (χ2v) is 4.33. The molecule has 1 aliphatic carbocycles. The smallest absolute Gasteiger partial charge is 0.120 e. The van der Waals surface area contributed by atoms with Crippen LogP contribution >= 0.6 is 0 Å². The van der Waals surface area contributed by atoms with Crippen molar-refractivity contribution in [2.45, 2.75) is 31.7 Å². The molecule has 2 rings (SSSR count). The summed E-state index contributed by atoms with van der Waals surface area (Å²) in [4.78, 5) is 0. The predicted octanol–water partition coefficient (Wildman–Crippen LogP) is 2.05. The summed E-state index contributed by atoms with van der Waals surface area (Å²) < 4.78 is 2.11. The van der Waals surface area contributed by atoms with E-state index >= 15 is 0 Å². The van der Waals surface area contributed by atoms with Gasteiger partial charge in [0.1, 0.15) is 11.8 Å². The van der Waals surface area contributed by atoms with Gasteiger partial charge in [0.2, 0.25) is 0 Å². The molecule has 3 nitrogen and oxygen atoms in total. The molecule has 1 aromatic rings. The number of hydrogen-bond acceptors (Lipinski definition) is 2. The van der Waals surface area contributed by atoms with Gasteiger partial charge in [0.15, 0.2) is 0 Å². The van der Waals surface area contributed by atoms with Gasteiger partial charge in [-0.1, -0.05) is 6.42 Å². The molecule has 2 atom stereocenters. The minimum Gasteiger partial charge on any atom is -0.336 e. The van der Waals surface area contributed by atoms with E-state index in [0.29, 0.717) is 12.0 Å². The molecule has 0 saturated heterocycles. The fourth-order valence-corrected chi connectivity index (χ4v) is 2.54. The van der Waals surface area contributed by atoms with Gasteiger partial charge < -0.3 is 10.3 Å². The Balaban J connectivity index is 2.14. The molecule has 1 fully saturated rings. The van der Waals surface area contributed by atoms with E-state index in [1.165, 1.54) is 19.3 Å². The van der Waals surface area contributed by atoms with Gasteiger partial charge >= 0.3 is 0 Å². The van der Waals surface area contributed by atoms with Crippen molar-refractivity contribution in [1.29, 1.82) is 5.26 Å². The van der Waals surface area contributed by atoms with Crippen molar-refractivity contribution >= 4 is 0 Å². The van der Waals surface area contributed by atoms with Crippen LogP contribution in [0.3, 0.4) is 0 Å². The maximum atomic E-state index is 8.97. The second-order valence-electron chi connectivity index (χ2n) is 4.33. The van der Waals surface area contributed by atoms with E-state index in [1.54, 1.807) is 0 Å². The van der Waals surface area contributed by atoms with E-state index in [4.69, 9.17) is 11.0 Å². The van der Waals surface area contributed by atoms with E-state index < -0.39 is 0 Å². The normalized spacial score (nSPS) is 26.1. The topological polar surface area (TPSA) is 54.7 Å². The van der Waals surface area contributed by atoms with Crippen molar-refractivity contribution < 1.29 is 0 Å². The predicted molar refractivity (Wildman–Crippen MR) is 59.2 cm³/mol. The highest BCUT2D eigenvalue weighted by Gasteiger charge is 2.22. The summed E-state index contributed by atoms with van der Waals surface area (Å²) in [6.07, 6.45) is 6.80. The minimum absolute atomic E-state index is 0.483. The van der Waals surface area contributed by atoms with E-state index in [-0.39, 0.29) is 0 Å². The lowest BCUT2D eigenvalue weighted by Gasteiger charge is -2.29. The molecule has 1 aromatic heterocycles. The molecule has 0 spiro atoms. The van der Waals surface area contributed by atoms with Gasteiger partial charge in [-0.2, -0.15) is 5.26 Å². The number of nitriles is 1. The Morgan fingerprint density at radius 2 is 2.40 bits per heavy atom. The standard InChI is InChI=1S/C12H17N3/c13-8-10-3-1-4-11(7-10)15-6-2-5-12(15)9-14/h2,5-6,10-11H,1,3-4,7-8,13H2. The molecule has 0 bridgehead atoms. The Morgan fingerprint density at radius 1 is 1.53 bits per heavy atom. The van der Waals surface area contributed by atoms with Gasteiger partial charge in [0, 0.05) is 12.2 Å². The molecular formula is C12H17N3. The van der Waals surface area contributed by atoms with Gasteiger partial charge in [0.05, 0.1) is 0 Å². The number of hydrogen-bond donors (Lipinski definition) is 1. The van der Waals surface area contributed by atoms with Crippen LogP contribution in [0.25, 0.3) is 0 Å². The fourth-order valence-electron chi connectivity index (χ4n) is 2.54. The largest absolute Gasteiger partial charge is 0.336 e. The van der Waals surface area contributed by atoms with Crippen molar-refractivity contribution in [2.75, 3.05) is 6.54 Å². The molecule has 0 radical (unpaired) electrons. The molecule has 0 aliphatic heterocycles. The summed E-state index contributed by atoms with van der Waals surface area (Å²) in [5.41, 5.74) is 6.49. The maximum Gasteiger partial charge on any atom is 0.120 e. The maximum absolute atomic E-state index is 8.97. The number of nitrogens with zero attached hydrogens (tertiary/aromatic N) is 2. The molecule has 1 saturated carbocycles. The summed E-state index contributed by atoms with van der Waals surface area (Å²) in [6.45, 7) is 0.777. The monoisotopic (exact) mass is 203 g/mol. The van der Waals surface area contributed by atoms with Crippen LogP contribution in [0.15, 0.2) is 18.3 Å². The number of aromatic nitrogens is 1. The van der Waals surface area contributed by atoms with E-state index in [1.807, 2.05) is 18.3 Å². The van der Waals surface area contributed by atoms with Crippen LogP contribution in [0, 0.1) is 17.2 Å². The molecular weight excluding hydrogens is 186 g/mol. The van der Waals surface area contributed by atoms with Crippen LogP contribution in [0.2, 0.25) is 0 Å². The average molecular weight is 203 g/mol. The first-order chi connectivity index (χ1) is 7.35. The SMILES string of the molecule is N#Cc1cccn1C1CCCC(CN)C1. The summed E-state index contributed by atoms with van der Waals surface area (Å²) in [5, 5.41) is 8.97. The Morgan fingerprint density at radius 3 is 3.13 bits per heavy atom. The Kier molecular flexibility index (Phi) is 3.08. The van der Waals surface area contributed by atoms with Crippen LogP contribution in [0.4, 0.5) is 0 Å². The molecule has 0 amide bonds. The van der Waals surface area contributed by atoms with Gasteiger partial charge in [-0.3, -0.25) is 0 Å². The summed E-state index contributed by atoms with van der Waals surface area (Å²) >= 11 is 0. The molecule has 0 aromatic carbocycles. The van der Waals surface area contributed by atoms with Gasteiger partial charge in [-0.15, -0.1) is 0 Å². The zero-order valence-corrected chi connectivity index (χ0v) is 8.89. The lowest BCUT2D eigenvalue weighted by Crippen LogP contribution is -2.24. The molecule has 1 aliphatic rings. The highest BCUT2D eigenvalue weighted by atomic mass is 15.0. The first kappa shape index (κ1) is 10.3. The Hall–Kier alpha value is -1.27. The zero-order chi connectivity index (χ0) is 10.7. The molecule has 1 heterocycles. The third-order valence-electron chi connectivity index (χ3n) is 3.38. The van der Waals surface area contributed by atoms with E-state index in [9.17, 15) is 0 Å². The van der Waals surface area contributed by atoms with Gasteiger partial charge in [-0.05, 0) is 43.9 Å². The summed E-state index contributed by atoms with van der Waals surface area (Å²) in [6, 6.07) is 6.55. The van der Waals surface area contributed by atoms with Crippen LogP contribution in [0.1, 0.15) is 37.4 Å². The molecule has 2 unspecified atom stereocenters. The highest BCUT2D eigenvalue weighted by Crippen LogP contribution is 2.32. The zero-order valence-electron chi connectivity index (χ0n) is 8.89. The number of nitrogens with two attached hydrogens (primary N) is 1. The Bertz CT molecular complexity index is 361. The first-order valence-corrected chi connectivity index (χ1v) is 5.62. The van der Waals surface area contributed by atoms with Crippen LogP contribution in [-0.4, -0.2) is 11.1 Å². The fraction of sp³-hybridized carbons (Fsp3) is 0.583. The van der Waals surface area contributed by atoms with E-state index in [0.717, 1.165) is 18.7 Å². The molecule has 3 heteroatoms. The van der Waals surface area contributed by atoms with Crippen molar-refractivity contribution in [2.24, 2.45) is 11.7 Å². The Labute approximate surface area is 90.5 Å². The summed E-state index contributed by atoms with van der Waals surface area (Å²) in [7, 11) is 0. The first-order valence-electron chi connectivity index (χ1n) is 5.62. The van der Waals surface area contributed by atoms with Crippen molar-refractivity contribution in [3.05, 3.63) is 24.0 Å². The van der Waals surface area contributed by atoms with Crippen molar-refractivity contribution in [1.82, 2.24) is 4.57 Å². The van der Waals surface area contributed by atoms with Crippen molar-refractivity contribution in [3.63, 3.8) is 0 Å². The minimum atomic E-state index is 0.483. The van der Waals surface area contributed by atoms with E-state index in [2.05, 4.69) is 10.6 Å². The lowest BCUT2D eigenvalue weighted by atomic mass is 9.85. The lowest BCUT2D eigenvalue weighted by molar-refractivity contribution is 0.271.